The maximum absolute atomic E-state index is 5.67. The normalized spacial score (nSPS) is 18.2. The van der Waals surface area contributed by atoms with Crippen molar-refractivity contribution in [2.75, 3.05) is 26.2 Å². The van der Waals surface area contributed by atoms with Crippen LogP contribution in [0, 0.1) is 0 Å². The molecule has 1 aliphatic carbocycles. The van der Waals surface area contributed by atoms with Gasteiger partial charge in [0.1, 0.15) is 0 Å². The fraction of sp³-hybridized carbons (Fsp3) is 1.00. The molecule has 0 unspecified atom stereocenters. The number of hydrogen-bond acceptors (Lipinski definition) is 3. The molecule has 0 aromatic rings. The highest BCUT2D eigenvalue weighted by atomic mass is 16.5. The third kappa shape index (κ3) is 6.39. The van der Waals surface area contributed by atoms with Gasteiger partial charge in [0.2, 0.25) is 0 Å². The lowest BCUT2D eigenvalue weighted by molar-refractivity contribution is 0.0429. The average molecular weight is 242 g/mol. The molecule has 0 aromatic heterocycles. The first-order valence-electron chi connectivity index (χ1n) is 7.29. The van der Waals surface area contributed by atoms with Gasteiger partial charge in [0, 0.05) is 12.6 Å². The minimum atomic E-state index is 0.345. The Hall–Kier alpha value is -0.120. The Morgan fingerprint density at radius 1 is 1.18 bits per heavy atom. The summed E-state index contributed by atoms with van der Waals surface area (Å²) in [5.41, 5.74) is 5.63. The zero-order chi connectivity index (χ0) is 12.5. The molecular weight excluding hydrogens is 212 g/mol. The molecule has 0 aromatic carbocycles. The van der Waals surface area contributed by atoms with E-state index in [0.29, 0.717) is 6.10 Å². The highest BCUT2D eigenvalue weighted by Crippen LogP contribution is 2.22. The van der Waals surface area contributed by atoms with E-state index in [1.54, 1.807) is 0 Å². The maximum Gasteiger partial charge on any atom is 0.0597 e. The van der Waals surface area contributed by atoms with Crippen LogP contribution < -0.4 is 5.73 Å². The van der Waals surface area contributed by atoms with Gasteiger partial charge in [-0.3, -0.25) is 4.90 Å². The van der Waals surface area contributed by atoms with Crippen molar-refractivity contribution >= 4 is 0 Å². The highest BCUT2D eigenvalue weighted by Gasteiger charge is 2.20. The Kier molecular flexibility index (Phi) is 7.82. The number of nitrogens with zero attached hydrogens (tertiary/aromatic N) is 1. The van der Waals surface area contributed by atoms with Crippen LogP contribution in [0.15, 0.2) is 0 Å². The second kappa shape index (κ2) is 8.90. The summed E-state index contributed by atoms with van der Waals surface area (Å²) in [4.78, 5) is 2.61. The summed E-state index contributed by atoms with van der Waals surface area (Å²) >= 11 is 0. The number of ether oxygens (including phenoxy) is 1. The number of nitrogens with two attached hydrogens (primary N) is 1. The molecule has 0 heterocycles. The number of rotatable bonds is 8. The summed E-state index contributed by atoms with van der Waals surface area (Å²) in [6, 6.07) is 0.783. The summed E-state index contributed by atoms with van der Waals surface area (Å²) < 4.78 is 5.67. The van der Waals surface area contributed by atoms with Crippen LogP contribution in [0.2, 0.25) is 0 Å². The lowest BCUT2D eigenvalue weighted by Crippen LogP contribution is -2.40. The third-order valence-electron chi connectivity index (χ3n) is 3.57. The maximum atomic E-state index is 5.67. The van der Waals surface area contributed by atoms with Crippen molar-refractivity contribution in [1.82, 2.24) is 4.90 Å². The van der Waals surface area contributed by atoms with E-state index in [1.165, 1.54) is 32.1 Å². The van der Waals surface area contributed by atoms with Crippen LogP contribution in [0.4, 0.5) is 0 Å². The van der Waals surface area contributed by atoms with Gasteiger partial charge in [-0.25, -0.2) is 0 Å². The third-order valence-corrected chi connectivity index (χ3v) is 3.57. The molecule has 0 bridgehead atoms. The molecule has 17 heavy (non-hydrogen) atoms. The molecule has 3 nitrogen and oxygen atoms in total. The van der Waals surface area contributed by atoms with E-state index >= 15 is 0 Å². The minimum Gasteiger partial charge on any atom is -0.377 e. The minimum absolute atomic E-state index is 0.345. The summed E-state index contributed by atoms with van der Waals surface area (Å²) in [5, 5.41) is 0. The van der Waals surface area contributed by atoms with Crippen molar-refractivity contribution < 1.29 is 4.74 Å². The fourth-order valence-electron chi connectivity index (χ4n) is 2.62. The molecule has 1 fully saturated rings. The molecule has 0 amide bonds. The number of hydrogen-bond donors (Lipinski definition) is 1. The Labute approximate surface area is 107 Å². The van der Waals surface area contributed by atoms with Gasteiger partial charge in [0.15, 0.2) is 0 Å². The van der Waals surface area contributed by atoms with E-state index < -0.39 is 0 Å². The van der Waals surface area contributed by atoms with E-state index in [2.05, 4.69) is 18.7 Å². The summed E-state index contributed by atoms with van der Waals surface area (Å²) in [5.74, 6) is 0. The van der Waals surface area contributed by atoms with Gasteiger partial charge in [-0.1, -0.05) is 19.3 Å². The Bertz CT molecular complexity index is 179. The van der Waals surface area contributed by atoms with E-state index in [9.17, 15) is 0 Å². The average Bonchev–Trinajstić information content (AvgIpc) is 2.34. The SMILES string of the molecule is CC(C)OCCN(CCCN)C1CCCCC1. The lowest BCUT2D eigenvalue weighted by atomic mass is 9.94. The van der Waals surface area contributed by atoms with Crippen molar-refractivity contribution in [3.05, 3.63) is 0 Å². The smallest absolute Gasteiger partial charge is 0.0597 e. The van der Waals surface area contributed by atoms with Crippen molar-refractivity contribution in [2.45, 2.75) is 64.5 Å². The molecule has 102 valence electrons. The molecule has 1 aliphatic rings. The first kappa shape index (κ1) is 14.9. The molecule has 2 N–H and O–H groups in total. The molecule has 3 heteroatoms. The van der Waals surface area contributed by atoms with Crippen LogP contribution >= 0.6 is 0 Å². The van der Waals surface area contributed by atoms with Crippen molar-refractivity contribution in [1.29, 1.82) is 0 Å². The predicted octanol–water partition coefficient (Wildman–Crippen LogP) is 2.39. The molecule has 1 saturated carbocycles. The Morgan fingerprint density at radius 2 is 1.88 bits per heavy atom. The molecule has 0 spiro atoms. The summed E-state index contributed by atoms with van der Waals surface area (Å²) in [6.07, 6.45) is 8.40. The van der Waals surface area contributed by atoms with Gasteiger partial charge in [0.25, 0.3) is 0 Å². The largest absolute Gasteiger partial charge is 0.377 e. The van der Waals surface area contributed by atoms with E-state index in [-0.39, 0.29) is 0 Å². The molecule has 0 aliphatic heterocycles. The zero-order valence-corrected chi connectivity index (χ0v) is 11.7. The second-order valence-electron chi connectivity index (χ2n) is 5.39. The first-order chi connectivity index (χ1) is 8.24. The van der Waals surface area contributed by atoms with Gasteiger partial charge >= 0.3 is 0 Å². The van der Waals surface area contributed by atoms with Gasteiger partial charge in [0.05, 0.1) is 12.7 Å². The van der Waals surface area contributed by atoms with E-state index in [4.69, 9.17) is 10.5 Å². The van der Waals surface area contributed by atoms with Crippen LogP contribution in [0.5, 0.6) is 0 Å². The predicted molar refractivity (Wildman–Crippen MR) is 73.2 cm³/mol. The summed E-state index contributed by atoms with van der Waals surface area (Å²) in [6.45, 7) is 8.08. The van der Waals surface area contributed by atoms with Crippen LogP contribution in [0.25, 0.3) is 0 Å². The topological polar surface area (TPSA) is 38.5 Å². The van der Waals surface area contributed by atoms with Gasteiger partial charge < -0.3 is 10.5 Å². The van der Waals surface area contributed by atoms with E-state index in [1.807, 2.05) is 0 Å². The zero-order valence-electron chi connectivity index (χ0n) is 11.7. The van der Waals surface area contributed by atoms with Crippen molar-refractivity contribution in [3.63, 3.8) is 0 Å². The molecule has 1 rings (SSSR count). The van der Waals surface area contributed by atoms with Gasteiger partial charge in [-0.2, -0.15) is 0 Å². The van der Waals surface area contributed by atoms with Crippen LogP contribution in [-0.4, -0.2) is 43.3 Å². The van der Waals surface area contributed by atoms with Gasteiger partial charge in [-0.15, -0.1) is 0 Å². The molecule has 0 saturated heterocycles. The first-order valence-corrected chi connectivity index (χ1v) is 7.29. The molecule has 0 atom stereocenters. The Morgan fingerprint density at radius 3 is 2.47 bits per heavy atom. The van der Waals surface area contributed by atoms with Crippen LogP contribution in [0.1, 0.15) is 52.4 Å². The Balaban J connectivity index is 2.30. The lowest BCUT2D eigenvalue weighted by Gasteiger charge is -2.34. The van der Waals surface area contributed by atoms with Gasteiger partial charge in [-0.05, 0) is 46.2 Å². The monoisotopic (exact) mass is 242 g/mol. The molecular formula is C14H30N2O. The second-order valence-corrected chi connectivity index (χ2v) is 5.39. The van der Waals surface area contributed by atoms with Crippen molar-refractivity contribution in [2.24, 2.45) is 5.73 Å². The quantitative estimate of drug-likeness (QED) is 0.710. The van der Waals surface area contributed by atoms with E-state index in [0.717, 1.165) is 38.7 Å². The fourth-order valence-corrected chi connectivity index (χ4v) is 2.62. The van der Waals surface area contributed by atoms with Crippen LogP contribution in [0.3, 0.4) is 0 Å². The van der Waals surface area contributed by atoms with Crippen LogP contribution in [-0.2, 0) is 4.74 Å². The highest BCUT2D eigenvalue weighted by molar-refractivity contribution is 4.76. The van der Waals surface area contributed by atoms with Crippen molar-refractivity contribution in [3.8, 4) is 0 Å². The molecule has 0 radical (unpaired) electrons. The standard InChI is InChI=1S/C14H30N2O/c1-13(2)17-12-11-16(10-6-9-15)14-7-4-3-5-8-14/h13-14H,3-12,15H2,1-2H3. The summed E-state index contributed by atoms with van der Waals surface area (Å²) in [7, 11) is 0.